The summed E-state index contributed by atoms with van der Waals surface area (Å²) in [6.45, 7) is 1.67. The number of aromatic nitrogens is 4. The molecule has 2 N–H and O–H groups in total. The predicted octanol–water partition coefficient (Wildman–Crippen LogP) is 1.26. The molecule has 114 valence electrons. The Morgan fingerprint density at radius 2 is 1.90 bits per heavy atom. The van der Waals surface area contributed by atoms with E-state index in [0.29, 0.717) is 4.34 Å². The van der Waals surface area contributed by atoms with Crippen LogP contribution in [0.1, 0.15) is 13.3 Å². The number of hydrogen-bond acceptors (Lipinski definition) is 10. The third-order valence-electron chi connectivity index (χ3n) is 2.01. The zero-order chi connectivity index (χ0) is 15.5. The van der Waals surface area contributed by atoms with Crippen molar-refractivity contribution in [3.8, 4) is 0 Å². The molecule has 0 bridgehead atoms. The first-order valence-electron chi connectivity index (χ1n) is 5.48. The number of nitrogens with one attached hydrogen (secondary N) is 2. The summed E-state index contributed by atoms with van der Waals surface area (Å²) in [4.78, 5) is 11.2. The first-order valence-corrected chi connectivity index (χ1v) is 9.82. The largest absolute Gasteiger partial charge is 0.301 e. The zero-order valence-corrected chi connectivity index (χ0v) is 14.1. The summed E-state index contributed by atoms with van der Waals surface area (Å²) < 4.78 is 26.8. The molecule has 21 heavy (non-hydrogen) atoms. The van der Waals surface area contributed by atoms with Crippen LogP contribution in [0.15, 0.2) is 8.68 Å². The van der Waals surface area contributed by atoms with Crippen molar-refractivity contribution in [2.24, 2.45) is 0 Å². The Morgan fingerprint density at radius 1 is 1.19 bits per heavy atom. The zero-order valence-electron chi connectivity index (χ0n) is 10.9. The molecule has 0 aromatic carbocycles. The number of nitrogens with zero attached hydrogens (tertiary/aromatic N) is 4. The van der Waals surface area contributed by atoms with Crippen molar-refractivity contribution < 1.29 is 13.2 Å². The van der Waals surface area contributed by atoms with Gasteiger partial charge in [-0.25, -0.2) is 0 Å². The lowest BCUT2D eigenvalue weighted by Crippen LogP contribution is -2.12. The number of rotatable bonds is 6. The maximum atomic E-state index is 12.1. The van der Waals surface area contributed by atoms with Crippen molar-refractivity contribution in [3.63, 3.8) is 0 Å². The highest BCUT2D eigenvalue weighted by atomic mass is 32.2. The first-order chi connectivity index (χ1) is 9.94. The van der Waals surface area contributed by atoms with Gasteiger partial charge in [0.25, 0.3) is 14.4 Å². The Hall–Kier alpha value is -1.31. The lowest BCUT2D eigenvalue weighted by molar-refractivity contribution is -0.115. The third kappa shape index (κ3) is 4.09. The molecule has 0 aliphatic heterocycles. The molecular formula is C8H10N6O3S4. The topological polar surface area (TPSA) is 127 Å². The summed E-state index contributed by atoms with van der Waals surface area (Å²) in [5, 5.41) is 17.4. The van der Waals surface area contributed by atoms with E-state index in [1.54, 1.807) is 6.92 Å². The van der Waals surface area contributed by atoms with E-state index in [-0.39, 0.29) is 26.9 Å². The van der Waals surface area contributed by atoms with Crippen molar-refractivity contribution in [1.29, 1.82) is 0 Å². The minimum Gasteiger partial charge on any atom is -0.301 e. The number of thioether (sulfide) groups is 1. The standard InChI is InChI=1S/C8H10N6O3S4/c1-3-4(15)9-5-10-13-8(20-5)21(16,17)14-6-11-12-7(18-2)19-6/h3H2,1-2H3,(H,11,14)(H,9,10,15). The summed E-state index contributed by atoms with van der Waals surface area (Å²) in [5.74, 6) is -0.267. The van der Waals surface area contributed by atoms with Crippen molar-refractivity contribution >= 4 is 60.6 Å². The second-order valence-electron chi connectivity index (χ2n) is 3.46. The Morgan fingerprint density at radius 3 is 2.52 bits per heavy atom. The molecule has 2 aromatic heterocycles. The average molecular weight is 366 g/mol. The Labute approximate surface area is 132 Å². The van der Waals surface area contributed by atoms with Gasteiger partial charge in [0.05, 0.1) is 0 Å². The van der Waals surface area contributed by atoms with Crippen molar-refractivity contribution in [2.45, 2.75) is 22.0 Å². The quantitative estimate of drug-likeness (QED) is 0.578. The summed E-state index contributed by atoms with van der Waals surface area (Å²) in [6.07, 6.45) is 2.08. The van der Waals surface area contributed by atoms with Crippen molar-refractivity contribution in [3.05, 3.63) is 0 Å². The molecule has 0 aliphatic carbocycles. The van der Waals surface area contributed by atoms with Crippen LogP contribution in [0.3, 0.4) is 0 Å². The molecule has 0 saturated carbocycles. The molecule has 0 aliphatic rings. The van der Waals surface area contributed by atoms with Gasteiger partial charge in [0, 0.05) is 6.42 Å². The average Bonchev–Trinajstić information content (AvgIpc) is 3.07. The highest BCUT2D eigenvalue weighted by Gasteiger charge is 2.22. The second kappa shape index (κ2) is 6.64. The maximum Gasteiger partial charge on any atom is 0.293 e. The number of hydrogen-bond donors (Lipinski definition) is 2. The lowest BCUT2D eigenvalue weighted by Gasteiger charge is -1.99. The highest BCUT2D eigenvalue weighted by molar-refractivity contribution is 8.00. The normalized spacial score (nSPS) is 11.3. The molecular weight excluding hydrogens is 356 g/mol. The number of sulfonamides is 1. The Balaban J connectivity index is 2.14. The molecule has 0 atom stereocenters. The third-order valence-corrected chi connectivity index (χ3v) is 6.50. The molecule has 2 heterocycles. The summed E-state index contributed by atoms with van der Waals surface area (Å²) in [5.41, 5.74) is 0. The van der Waals surface area contributed by atoms with Gasteiger partial charge in [-0.05, 0) is 6.26 Å². The smallest absolute Gasteiger partial charge is 0.293 e. The molecule has 0 unspecified atom stereocenters. The molecule has 13 heteroatoms. The van der Waals surface area contributed by atoms with Crippen LogP contribution in [-0.2, 0) is 14.8 Å². The lowest BCUT2D eigenvalue weighted by atomic mass is 10.5. The number of carbonyl (C=O) groups excluding carboxylic acids is 1. The molecule has 0 fully saturated rings. The van der Waals surface area contributed by atoms with E-state index in [4.69, 9.17) is 0 Å². The van der Waals surface area contributed by atoms with Gasteiger partial charge in [-0.15, -0.1) is 20.4 Å². The molecule has 0 radical (unpaired) electrons. The van der Waals surface area contributed by atoms with Crippen LogP contribution >= 0.6 is 34.4 Å². The second-order valence-corrected chi connectivity index (χ2v) is 8.32. The van der Waals surface area contributed by atoms with Gasteiger partial charge in [0.15, 0.2) is 4.34 Å². The number of carbonyl (C=O) groups is 1. The fourth-order valence-electron chi connectivity index (χ4n) is 1.07. The van der Waals surface area contributed by atoms with Crippen LogP contribution < -0.4 is 10.0 Å². The van der Waals surface area contributed by atoms with Crippen LogP contribution in [0.5, 0.6) is 0 Å². The number of anilines is 2. The van der Waals surface area contributed by atoms with Gasteiger partial charge in [0.1, 0.15) is 0 Å². The van der Waals surface area contributed by atoms with Gasteiger partial charge in [-0.1, -0.05) is 41.4 Å². The fraction of sp³-hybridized carbons (Fsp3) is 0.375. The molecule has 0 saturated heterocycles. The first kappa shape index (κ1) is 16.1. The van der Waals surface area contributed by atoms with E-state index >= 15 is 0 Å². The molecule has 2 rings (SSSR count). The van der Waals surface area contributed by atoms with E-state index in [9.17, 15) is 13.2 Å². The Kier molecular flexibility index (Phi) is 5.08. The van der Waals surface area contributed by atoms with Gasteiger partial charge < -0.3 is 5.32 Å². The predicted molar refractivity (Wildman–Crippen MR) is 81.3 cm³/mol. The minimum atomic E-state index is -3.89. The van der Waals surface area contributed by atoms with E-state index in [2.05, 4.69) is 30.4 Å². The van der Waals surface area contributed by atoms with E-state index in [1.165, 1.54) is 11.8 Å². The van der Waals surface area contributed by atoms with Crippen LogP contribution in [-0.4, -0.2) is 41.0 Å². The molecule has 0 spiro atoms. The summed E-state index contributed by atoms with van der Waals surface area (Å²) in [6, 6.07) is 0. The fourth-order valence-corrected chi connectivity index (χ4v) is 4.39. The molecule has 9 nitrogen and oxygen atoms in total. The molecule has 1 amide bonds. The van der Waals surface area contributed by atoms with Gasteiger partial charge in [-0.2, -0.15) is 8.42 Å². The SMILES string of the molecule is CCC(=O)Nc1nnc(S(=O)(=O)Nc2nnc(SC)s2)s1. The Bertz CT molecular complexity index is 739. The van der Waals surface area contributed by atoms with E-state index in [1.807, 2.05) is 6.26 Å². The van der Waals surface area contributed by atoms with Crippen LogP contribution in [0.4, 0.5) is 10.3 Å². The maximum absolute atomic E-state index is 12.1. The van der Waals surface area contributed by atoms with Crippen LogP contribution in [0, 0.1) is 0 Å². The van der Waals surface area contributed by atoms with Gasteiger partial charge in [0.2, 0.25) is 16.2 Å². The summed E-state index contributed by atoms with van der Waals surface area (Å²) in [7, 11) is -3.89. The minimum absolute atomic E-state index is 0.129. The van der Waals surface area contributed by atoms with Gasteiger partial charge in [-0.3, -0.25) is 9.52 Å². The molecule has 2 aromatic rings. The monoisotopic (exact) mass is 366 g/mol. The van der Waals surface area contributed by atoms with Crippen molar-refractivity contribution in [1.82, 2.24) is 20.4 Å². The van der Waals surface area contributed by atoms with Crippen molar-refractivity contribution in [2.75, 3.05) is 16.3 Å². The number of amides is 1. The van der Waals surface area contributed by atoms with E-state index in [0.717, 1.165) is 22.7 Å². The van der Waals surface area contributed by atoms with Crippen LogP contribution in [0.2, 0.25) is 0 Å². The van der Waals surface area contributed by atoms with E-state index < -0.39 is 10.0 Å². The van der Waals surface area contributed by atoms with Gasteiger partial charge >= 0.3 is 0 Å². The van der Waals surface area contributed by atoms with Crippen LogP contribution in [0.25, 0.3) is 0 Å². The highest BCUT2D eigenvalue weighted by Crippen LogP contribution is 2.27. The summed E-state index contributed by atoms with van der Waals surface area (Å²) >= 11 is 3.24.